The Bertz CT molecular complexity index is 581. The summed E-state index contributed by atoms with van der Waals surface area (Å²) in [6, 6.07) is 7.23. The van der Waals surface area contributed by atoms with Gasteiger partial charge in [0.2, 0.25) is 0 Å². The van der Waals surface area contributed by atoms with E-state index in [1.54, 1.807) is 6.92 Å². The molecule has 6 heteroatoms. The molecule has 1 unspecified atom stereocenters. The van der Waals surface area contributed by atoms with E-state index < -0.39 is 0 Å². The van der Waals surface area contributed by atoms with Crippen LogP contribution in [0.15, 0.2) is 34.4 Å². The van der Waals surface area contributed by atoms with Crippen LogP contribution in [0.1, 0.15) is 18.9 Å². The molecule has 18 heavy (non-hydrogen) atoms. The Morgan fingerprint density at radius 3 is 3.00 bits per heavy atom. The van der Waals surface area contributed by atoms with Gasteiger partial charge in [0, 0.05) is 17.0 Å². The molecule has 3 rings (SSSR count). The lowest BCUT2D eigenvalue weighted by Crippen LogP contribution is -2.47. The summed E-state index contributed by atoms with van der Waals surface area (Å²) in [5, 5.41) is 8.94. The van der Waals surface area contributed by atoms with E-state index in [4.69, 9.17) is 11.6 Å². The molecule has 1 aromatic rings. The van der Waals surface area contributed by atoms with E-state index in [1.807, 2.05) is 24.3 Å². The fraction of sp³-hybridized carbons (Fsp3) is 0.250. The molecule has 2 aliphatic rings. The largest absolute Gasteiger partial charge is 0.345 e. The molecule has 0 aromatic heterocycles. The second-order valence-electron chi connectivity index (χ2n) is 4.20. The van der Waals surface area contributed by atoms with Crippen molar-refractivity contribution in [2.24, 2.45) is 10.1 Å². The summed E-state index contributed by atoms with van der Waals surface area (Å²) < 4.78 is 0. The van der Waals surface area contributed by atoms with E-state index in [1.165, 1.54) is 5.01 Å². The molecular weight excluding hydrogens is 252 g/mol. The summed E-state index contributed by atoms with van der Waals surface area (Å²) in [6.07, 6.45) is 0.346. The molecule has 0 saturated carbocycles. The lowest BCUT2D eigenvalue weighted by atomic mass is 10.1. The molecule has 0 spiro atoms. The zero-order chi connectivity index (χ0) is 12.7. The number of carbonyl (C=O) groups excluding carboxylic acids is 1. The predicted octanol–water partition coefficient (Wildman–Crippen LogP) is 2.22. The summed E-state index contributed by atoms with van der Waals surface area (Å²) in [7, 11) is 0. The van der Waals surface area contributed by atoms with Gasteiger partial charge in [-0.05, 0) is 13.0 Å². The highest BCUT2D eigenvalue weighted by Crippen LogP contribution is 2.26. The van der Waals surface area contributed by atoms with Crippen LogP contribution in [0.5, 0.6) is 0 Å². The summed E-state index contributed by atoms with van der Waals surface area (Å²) in [6.45, 7) is 1.77. The predicted molar refractivity (Wildman–Crippen MR) is 69.9 cm³/mol. The highest BCUT2D eigenvalue weighted by atomic mass is 35.5. The molecule has 1 aromatic carbocycles. The maximum absolute atomic E-state index is 11.7. The number of amides is 2. The van der Waals surface area contributed by atoms with Gasteiger partial charge in [-0.25, -0.2) is 9.79 Å². The second kappa shape index (κ2) is 4.10. The van der Waals surface area contributed by atoms with Gasteiger partial charge in [-0.15, -0.1) is 0 Å². The number of nitrogens with one attached hydrogen (secondary N) is 1. The van der Waals surface area contributed by atoms with Gasteiger partial charge in [-0.3, -0.25) is 5.32 Å². The van der Waals surface area contributed by atoms with E-state index in [9.17, 15) is 4.79 Å². The Morgan fingerprint density at radius 2 is 2.22 bits per heavy atom. The first-order chi connectivity index (χ1) is 8.65. The van der Waals surface area contributed by atoms with Crippen LogP contribution >= 0.6 is 11.6 Å². The van der Waals surface area contributed by atoms with E-state index in [0.29, 0.717) is 17.3 Å². The first kappa shape index (κ1) is 11.2. The third kappa shape index (κ3) is 1.76. The fourth-order valence-corrected chi connectivity index (χ4v) is 2.35. The maximum Gasteiger partial charge on any atom is 0.345 e. The van der Waals surface area contributed by atoms with Crippen LogP contribution in [0.3, 0.4) is 0 Å². The Balaban J connectivity index is 1.97. The highest BCUT2D eigenvalue weighted by Gasteiger charge is 2.35. The van der Waals surface area contributed by atoms with Crippen molar-refractivity contribution >= 4 is 29.2 Å². The zero-order valence-electron chi connectivity index (χ0n) is 9.72. The minimum absolute atomic E-state index is 0.241. The van der Waals surface area contributed by atoms with Crippen LogP contribution in [-0.4, -0.2) is 28.8 Å². The molecule has 1 atom stereocenters. The number of hydrogen-bond acceptors (Lipinski definition) is 3. The number of fused-ring (bicyclic) bond motifs is 1. The Morgan fingerprint density at radius 1 is 1.44 bits per heavy atom. The third-order valence-corrected chi connectivity index (χ3v) is 3.24. The van der Waals surface area contributed by atoms with Crippen molar-refractivity contribution in [3.63, 3.8) is 0 Å². The van der Waals surface area contributed by atoms with Crippen molar-refractivity contribution in [1.82, 2.24) is 10.3 Å². The molecule has 2 heterocycles. The Hall–Kier alpha value is -1.88. The summed E-state index contributed by atoms with van der Waals surface area (Å²) in [5.41, 5.74) is 1.65. The van der Waals surface area contributed by atoms with E-state index in [0.717, 1.165) is 11.3 Å². The van der Waals surface area contributed by atoms with Gasteiger partial charge in [0.15, 0.2) is 6.17 Å². The molecule has 0 fully saturated rings. The van der Waals surface area contributed by atoms with Gasteiger partial charge in [-0.2, -0.15) is 10.1 Å². The average Bonchev–Trinajstić information content (AvgIpc) is 2.73. The van der Waals surface area contributed by atoms with Gasteiger partial charge >= 0.3 is 6.03 Å². The third-order valence-electron chi connectivity index (χ3n) is 2.91. The summed E-state index contributed by atoms with van der Waals surface area (Å²) in [4.78, 5) is 16.1. The molecule has 92 valence electrons. The lowest BCUT2D eigenvalue weighted by molar-refractivity contribution is 0.188. The van der Waals surface area contributed by atoms with Crippen LogP contribution in [0.4, 0.5) is 4.79 Å². The van der Waals surface area contributed by atoms with Crippen LogP contribution in [0, 0.1) is 0 Å². The molecule has 0 saturated heterocycles. The zero-order valence-corrected chi connectivity index (χ0v) is 10.5. The van der Waals surface area contributed by atoms with Gasteiger partial charge in [0.25, 0.3) is 0 Å². The minimum Gasteiger partial charge on any atom is -0.295 e. The normalized spacial score (nSPS) is 22.2. The molecular formula is C12H11ClN4O. The topological polar surface area (TPSA) is 57.1 Å². The van der Waals surface area contributed by atoms with Crippen molar-refractivity contribution < 1.29 is 4.79 Å². The van der Waals surface area contributed by atoms with Crippen LogP contribution in [0.2, 0.25) is 5.02 Å². The number of urea groups is 1. The standard InChI is InChI=1S/C12H11ClN4O/c1-7-14-11-6-10(16-17(11)12(18)15-7)8-4-2-3-5-9(8)13/h2-5,11H,6H2,1H3,(H,14,15,18). The van der Waals surface area contributed by atoms with Crippen molar-refractivity contribution in [2.45, 2.75) is 19.5 Å². The van der Waals surface area contributed by atoms with Gasteiger partial charge in [-0.1, -0.05) is 29.8 Å². The molecule has 2 amide bonds. The quantitative estimate of drug-likeness (QED) is 0.829. The van der Waals surface area contributed by atoms with Crippen molar-refractivity contribution in [3.8, 4) is 0 Å². The number of halogens is 1. The van der Waals surface area contributed by atoms with E-state index >= 15 is 0 Å². The van der Waals surface area contributed by atoms with Crippen LogP contribution in [0.25, 0.3) is 0 Å². The monoisotopic (exact) mass is 262 g/mol. The number of aliphatic imine (C=N–C) groups is 1. The highest BCUT2D eigenvalue weighted by molar-refractivity contribution is 6.34. The molecule has 0 radical (unpaired) electrons. The molecule has 1 N–H and O–H groups in total. The van der Waals surface area contributed by atoms with Gasteiger partial charge in [0.1, 0.15) is 5.84 Å². The number of hydrazone groups is 1. The van der Waals surface area contributed by atoms with Crippen molar-refractivity contribution in [3.05, 3.63) is 34.9 Å². The average molecular weight is 263 g/mol. The van der Waals surface area contributed by atoms with E-state index in [2.05, 4.69) is 15.4 Å². The van der Waals surface area contributed by atoms with Gasteiger partial charge < -0.3 is 0 Å². The second-order valence-corrected chi connectivity index (χ2v) is 4.61. The van der Waals surface area contributed by atoms with Crippen molar-refractivity contribution in [2.75, 3.05) is 0 Å². The number of hydrogen-bond donors (Lipinski definition) is 1. The first-order valence-corrected chi connectivity index (χ1v) is 6.00. The molecule has 0 bridgehead atoms. The molecule has 5 nitrogen and oxygen atoms in total. The number of amidine groups is 1. The number of benzene rings is 1. The maximum atomic E-state index is 11.7. The Labute approximate surface area is 109 Å². The summed E-state index contributed by atoms with van der Waals surface area (Å²) >= 11 is 6.13. The fourth-order valence-electron chi connectivity index (χ4n) is 2.10. The SMILES string of the molecule is CC1=NC2CC(c3ccccc3Cl)=NN2C(=O)N1. The van der Waals surface area contributed by atoms with Gasteiger partial charge in [0.05, 0.1) is 5.71 Å². The van der Waals surface area contributed by atoms with Crippen LogP contribution < -0.4 is 5.32 Å². The first-order valence-electron chi connectivity index (χ1n) is 5.62. The summed E-state index contributed by atoms with van der Waals surface area (Å²) in [5.74, 6) is 0.622. The minimum atomic E-state index is -0.245. The lowest BCUT2D eigenvalue weighted by Gasteiger charge is -2.23. The Kier molecular flexibility index (Phi) is 2.56. The smallest absolute Gasteiger partial charge is 0.295 e. The van der Waals surface area contributed by atoms with E-state index in [-0.39, 0.29) is 12.2 Å². The van der Waals surface area contributed by atoms with Crippen molar-refractivity contribution in [1.29, 1.82) is 0 Å². The molecule has 0 aliphatic carbocycles. The van der Waals surface area contributed by atoms with Crippen LogP contribution in [-0.2, 0) is 0 Å². The molecule has 2 aliphatic heterocycles. The number of rotatable bonds is 1. The number of nitrogens with zero attached hydrogens (tertiary/aromatic N) is 3. The number of carbonyl (C=O) groups is 1.